The van der Waals surface area contributed by atoms with Crippen LogP contribution in [-0.2, 0) is 16.1 Å². The lowest BCUT2D eigenvalue weighted by molar-refractivity contribution is -0.123. The van der Waals surface area contributed by atoms with Gasteiger partial charge in [0.25, 0.3) is 11.1 Å². The van der Waals surface area contributed by atoms with Gasteiger partial charge in [-0.25, -0.2) is 0 Å². The molecule has 0 spiro atoms. The number of thioether (sulfide) groups is 1. The summed E-state index contributed by atoms with van der Waals surface area (Å²) < 4.78 is 11.1. The topological polar surface area (TPSA) is 55.8 Å². The molecule has 7 heteroatoms. The van der Waals surface area contributed by atoms with Gasteiger partial charge in [0.2, 0.25) is 0 Å². The second-order valence-corrected chi connectivity index (χ2v) is 8.31. The van der Waals surface area contributed by atoms with Crippen LogP contribution in [-0.4, -0.2) is 36.3 Å². The Bertz CT molecular complexity index is 1180. The highest BCUT2D eigenvalue weighted by molar-refractivity contribution is 8.18. The largest absolute Gasteiger partial charge is 0.488 e. The van der Waals surface area contributed by atoms with Crippen molar-refractivity contribution in [1.29, 1.82) is 0 Å². The van der Waals surface area contributed by atoms with Crippen molar-refractivity contribution >= 4 is 51.4 Å². The number of amides is 2. The van der Waals surface area contributed by atoms with Crippen LogP contribution in [0.1, 0.15) is 11.1 Å². The third kappa shape index (κ3) is 4.61. The average molecular weight is 454 g/mol. The molecule has 0 atom stereocenters. The molecule has 3 aromatic carbocycles. The normalized spacial score (nSPS) is 15.3. The Balaban J connectivity index is 1.71. The van der Waals surface area contributed by atoms with Crippen LogP contribution in [0.25, 0.3) is 16.8 Å². The van der Waals surface area contributed by atoms with Crippen molar-refractivity contribution in [1.82, 2.24) is 4.90 Å². The average Bonchev–Trinajstić information content (AvgIpc) is 3.05. The number of imide groups is 1. The lowest BCUT2D eigenvalue weighted by Gasteiger charge is -2.14. The van der Waals surface area contributed by atoms with Gasteiger partial charge in [-0.05, 0) is 40.7 Å². The molecule has 0 N–H and O–H groups in total. The minimum atomic E-state index is -0.322. The van der Waals surface area contributed by atoms with Crippen molar-refractivity contribution in [2.75, 3.05) is 20.3 Å². The zero-order valence-corrected chi connectivity index (χ0v) is 18.4. The van der Waals surface area contributed by atoms with Crippen LogP contribution >= 0.6 is 23.4 Å². The summed E-state index contributed by atoms with van der Waals surface area (Å²) in [5.74, 6) is 0.291. The first kappa shape index (κ1) is 21.4. The Labute approximate surface area is 189 Å². The molecule has 3 aromatic rings. The van der Waals surface area contributed by atoms with Gasteiger partial charge in [0, 0.05) is 23.3 Å². The van der Waals surface area contributed by atoms with Gasteiger partial charge in [0.05, 0.1) is 18.1 Å². The fraction of sp³-hybridized carbons (Fsp3) is 0.167. The number of hydrogen-bond donors (Lipinski definition) is 0. The molecule has 1 fully saturated rings. The number of halogens is 1. The zero-order chi connectivity index (χ0) is 21.8. The van der Waals surface area contributed by atoms with Crippen molar-refractivity contribution in [3.8, 4) is 5.75 Å². The molecule has 31 heavy (non-hydrogen) atoms. The maximum Gasteiger partial charge on any atom is 0.293 e. The predicted octanol–water partition coefficient (Wildman–Crippen LogP) is 5.75. The van der Waals surface area contributed by atoms with E-state index in [1.165, 1.54) is 12.0 Å². The van der Waals surface area contributed by atoms with Crippen LogP contribution < -0.4 is 4.74 Å². The first-order chi connectivity index (χ1) is 15.1. The summed E-state index contributed by atoms with van der Waals surface area (Å²) in [5, 5.41) is 2.27. The third-order valence-electron chi connectivity index (χ3n) is 4.94. The summed E-state index contributed by atoms with van der Waals surface area (Å²) in [6, 6.07) is 19.2. The van der Waals surface area contributed by atoms with E-state index in [4.69, 9.17) is 21.1 Å². The molecule has 0 saturated carbocycles. The molecular formula is C24H20ClNO4S. The van der Waals surface area contributed by atoms with Crippen LogP contribution in [0.2, 0.25) is 5.02 Å². The molecule has 0 bridgehead atoms. The van der Waals surface area contributed by atoms with Crippen molar-refractivity contribution in [3.63, 3.8) is 0 Å². The smallest absolute Gasteiger partial charge is 0.293 e. The Morgan fingerprint density at radius 3 is 2.61 bits per heavy atom. The minimum Gasteiger partial charge on any atom is -0.488 e. The Kier molecular flexibility index (Phi) is 6.61. The van der Waals surface area contributed by atoms with Gasteiger partial charge in [0.1, 0.15) is 12.4 Å². The predicted molar refractivity (Wildman–Crippen MR) is 124 cm³/mol. The van der Waals surface area contributed by atoms with E-state index in [-0.39, 0.29) is 24.3 Å². The van der Waals surface area contributed by atoms with Gasteiger partial charge in [-0.3, -0.25) is 14.5 Å². The summed E-state index contributed by atoms with van der Waals surface area (Å²) in [6.45, 7) is 0.809. The van der Waals surface area contributed by atoms with Crippen molar-refractivity contribution in [3.05, 3.63) is 81.7 Å². The highest BCUT2D eigenvalue weighted by Gasteiger charge is 2.35. The number of hydrogen-bond acceptors (Lipinski definition) is 5. The zero-order valence-electron chi connectivity index (χ0n) is 16.8. The second-order valence-electron chi connectivity index (χ2n) is 6.90. The molecule has 0 unspecified atom stereocenters. The van der Waals surface area contributed by atoms with Crippen LogP contribution in [0.4, 0.5) is 4.79 Å². The highest BCUT2D eigenvalue weighted by Crippen LogP contribution is 2.37. The highest BCUT2D eigenvalue weighted by atomic mass is 35.5. The molecule has 4 rings (SSSR count). The fourth-order valence-electron chi connectivity index (χ4n) is 3.33. The summed E-state index contributed by atoms with van der Waals surface area (Å²) in [7, 11) is 1.54. The molecule has 0 radical (unpaired) electrons. The van der Waals surface area contributed by atoms with Gasteiger partial charge >= 0.3 is 0 Å². The number of nitrogens with zero attached hydrogens (tertiary/aromatic N) is 1. The quantitative estimate of drug-likeness (QED) is 0.426. The van der Waals surface area contributed by atoms with E-state index < -0.39 is 0 Å². The Morgan fingerprint density at radius 2 is 1.81 bits per heavy atom. The molecule has 1 aliphatic heterocycles. The summed E-state index contributed by atoms with van der Waals surface area (Å²) in [4.78, 5) is 26.7. The molecular weight excluding hydrogens is 434 g/mol. The summed E-state index contributed by atoms with van der Waals surface area (Å²) >= 11 is 7.19. The van der Waals surface area contributed by atoms with E-state index in [9.17, 15) is 9.59 Å². The Hall–Kier alpha value is -2.80. The Morgan fingerprint density at radius 1 is 1.03 bits per heavy atom. The van der Waals surface area contributed by atoms with E-state index in [2.05, 4.69) is 0 Å². The number of methoxy groups -OCH3 is 1. The fourth-order valence-corrected chi connectivity index (χ4v) is 4.36. The van der Waals surface area contributed by atoms with Crippen LogP contribution in [0.3, 0.4) is 0 Å². The van der Waals surface area contributed by atoms with Gasteiger partial charge in [-0.2, -0.15) is 0 Å². The molecule has 1 aliphatic rings. The maximum absolute atomic E-state index is 12.8. The van der Waals surface area contributed by atoms with E-state index in [0.717, 1.165) is 33.7 Å². The van der Waals surface area contributed by atoms with Gasteiger partial charge < -0.3 is 9.47 Å². The summed E-state index contributed by atoms with van der Waals surface area (Å²) in [5.41, 5.74) is 1.62. The van der Waals surface area contributed by atoms with Gasteiger partial charge in [-0.15, -0.1) is 0 Å². The van der Waals surface area contributed by atoms with Crippen molar-refractivity contribution in [2.24, 2.45) is 0 Å². The van der Waals surface area contributed by atoms with Crippen molar-refractivity contribution < 1.29 is 19.1 Å². The SMILES string of the molecule is COCCN1C(=O)S/C(=C/c2c(OCc3ccccc3Cl)ccc3ccccc23)C1=O. The molecule has 2 amide bonds. The summed E-state index contributed by atoms with van der Waals surface area (Å²) in [6.07, 6.45) is 1.74. The number of benzene rings is 3. The van der Waals surface area contributed by atoms with Gasteiger partial charge in [-0.1, -0.05) is 60.1 Å². The third-order valence-corrected chi connectivity index (χ3v) is 6.22. The monoisotopic (exact) mass is 453 g/mol. The molecule has 1 saturated heterocycles. The number of carbonyl (C=O) groups is 2. The van der Waals surface area contributed by atoms with E-state index in [1.807, 2.05) is 60.7 Å². The lowest BCUT2D eigenvalue weighted by atomic mass is 10.0. The standard InChI is InChI=1S/C24H20ClNO4S/c1-29-13-12-26-23(27)22(31-24(26)28)14-19-18-8-4-2-6-16(18)10-11-21(19)30-15-17-7-3-5-9-20(17)25/h2-11,14H,12-13,15H2,1H3/b22-14+. The van der Waals surface area contributed by atoms with E-state index in [1.54, 1.807) is 6.08 Å². The van der Waals surface area contributed by atoms with Crippen molar-refractivity contribution in [2.45, 2.75) is 6.61 Å². The number of fused-ring (bicyclic) bond motifs is 1. The lowest BCUT2D eigenvalue weighted by Crippen LogP contribution is -2.31. The number of ether oxygens (including phenoxy) is 2. The minimum absolute atomic E-state index is 0.226. The molecule has 0 aromatic heterocycles. The van der Waals surface area contributed by atoms with Crippen LogP contribution in [0, 0.1) is 0 Å². The number of rotatable bonds is 7. The molecule has 0 aliphatic carbocycles. The van der Waals surface area contributed by atoms with E-state index >= 15 is 0 Å². The van der Waals surface area contributed by atoms with Gasteiger partial charge in [0.15, 0.2) is 0 Å². The second kappa shape index (κ2) is 9.56. The van der Waals surface area contributed by atoms with Crippen LogP contribution in [0.5, 0.6) is 5.75 Å². The molecule has 1 heterocycles. The molecule has 5 nitrogen and oxygen atoms in total. The maximum atomic E-state index is 12.8. The number of carbonyl (C=O) groups excluding carboxylic acids is 2. The van der Waals surface area contributed by atoms with Crippen LogP contribution in [0.15, 0.2) is 65.6 Å². The molecule has 158 valence electrons. The first-order valence-corrected chi connectivity index (χ1v) is 10.9. The van der Waals surface area contributed by atoms with E-state index in [0.29, 0.717) is 22.3 Å². The first-order valence-electron chi connectivity index (χ1n) is 9.70.